The van der Waals surface area contributed by atoms with Gasteiger partial charge in [0.2, 0.25) is 0 Å². The highest BCUT2D eigenvalue weighted by atomic mass is 16.5. The lowest BCUT2D eigenvalue weighted by atomic mass is 9.63. The molecule has 216 valence electrons. The number of fused-ring (bicyclic) bond motifs is 8. The molecule has 0 saturated heterocycles. The fraction of sp³-hybridized carbons (Fsp3) is 0.676. The van der Waals surface area contributed by atoms with Gasteiger partial charge in [-0.1, -0.05) is 70.7 Å². The molecule has 3 aliphatic rings. The van der Waals surface area contributed by atoms with Crippen LogP contribution in [0.2, 0.25) is 0 Å². The summed E-state index contributed by atoms with van der Waals surface area (Å²) in [6.45, 7) is 13.0. The summed E-state index contributed by atoms with van der Waals surface area (Å²) in [5, 5.41) is 10.3. The Labute approximate surface area is 235 Å². The van der Waals surface area contributed by atoms with Crippen molar-refractivity contribution in [2.45, 2.75) is 124 Å². The Hall–Kier alpha value is -2.43. The second kappa shape index (κ2) is 13.8. The highest BCUT2D eigenvalue weighted by molar-refractivity contribution is 5.94. The molecule has 1 aromatic rings. The van der Waals surface area contributed by atoms with Crippen LogP contribution in [0.25, 0.3) is 0 Å². The summed E-state index contributed by atoms with van der Waals surface area (Å²) in [4.78, 5) is 36.3. The van der Waals surface area contributed by atoms with Crippen molar-refractivity contribution >= 4 is 17.7 Å². The minimum Gasteiger partial charge on any atom is -0.478 e. The van der Waals surface area contributed by atoms with Crippen LogP contribution in [0.4, 0.5) is 0 Å². The molecule has 0 radical (unpaired) electrons. The molecule has 0 amide bonds. The highest BCUT2D eigenvalue weighted by Crippen LogP contribution is 2.59. The fourth-order valence-corrected chi connectivity index (χ4v) is 7.35. The molecule has 2 bridgehead atoms. The number of benzene rings is 1. The van der Waals surface area contributed by atoms with Gasteiger partial charge in [-0.05, 0) is 98.7 Å². The summed E-state index contributed by atoms with van der Waals surface area (Å²) in [5.74, 6) is 0.484. The molecule has 1 fully saturated rings. The number of carbonyl (C=O) groups is 3. The zero-order valence-corrected chi connectivity index (χ0v) is 25.1. The standard InChI is InChI=1S/C34H50O5/c1-22(2)9-7-11-24(4)30-16-17-31-28-15-13-26(21-29(28)33(37)38)20-27(39-32(36)19-25(5)35)14-12-23(3)10-8-18-34(30,31)6/h10,13,15,21-22,24,27,30-31H,7-9,11-12,14,16-20H2,1-6H3,(H,37,38)/b23-10-/t24-,27+,30-,31+,34-/m1/s1. The summed E-state index contributed by atoms with van der Waals surface area (Å²) in [6, 6.07) is 5.87. The topological polar surface area (TPSA) is 80.7 Å². The van der Waals surface area contributed by atoms with E-state index in [2.05, 4.69) is 40.7 Å². The second-order valence-electron chi connectivity index (χ2n) is 13.1. The molecule has 1 aromatic carbocycles. The van der Waals surface area contributed by atoms with Gasteiger partial charge in [0.25, 0.3) is 0 Å². The largest absolute Gasteiger partial charge is 0.478 e. The molecule has 5 heteroatoms. The van der Waals surface area contributed by atoms with Gasteiger partial charge in [-0.3, -0.25) is 9.59 Å². The third-order valence-corrected chi connectivity index (χ3v) is 9.45. The van der Waals surface area contributed by atoms with E-state index in [1.54, 1.807) is 6.07 Å². The summed E-state index contributed by atoms with van der Waals surface area (Å²) in [7, 11) is 0. The lowest BCUT2D eigenvalue weighted by Gasteiger charge is -2.41. The molecule has 0 spiro atoms. The van der Waals surface area contributed by atoms with Crippen molar-refractivity contribution in [3.63, 3.8) is 0 Å². The summed E-state index contributed by atoms with van der Waals surface area (Å²) < 4.78 is 5.70. The van der Waals surface area contributed by atoms with Gasteiger partial charge in [0, 0.05) is 6.42 Å². The zero-order chi connectivity index (χ0) is 28.7. The van der Waals surface area contributed by atoms with Crippen molar-refractivity contribution in [2.75, 3.05) is 0 Å². The normalized spacial score (nSPS) is 27.8. The van der Waals surface area contributed by atoms with Crippen molar-refractivity contribution in [2.24, 2.45) is 23.2 Å². The van der Waals surface area contributed by atoms with E-state index in [4.69, 9.17) is 4.74 Å². The number of allylic oxidation sites excluding steroid dienone is 2. The Bertz CT molecular complexity index is 1050. The first kappa shape index (κ1) is 31.1. The van der Waals surface area contributed by atoms with Crippen LogP contribution in [-0.4, -0.2) is 28.9 Å². The lowest BCUT2D eigenvalue weighted by molar-refractivity contribution is -0.150. The van der Waals surface area contributed by atoms with Gasteiger partial charge in [0.15, 0.2) is 0 Å². The van der Waals surface area contributed by atoms with Crippen LogP contribution in [-0.2, 0) is 20.7 Å². The fourth-order valence-electron chi connectivity index (χ4n) is 7.35. The van der Waals surface area contributed by atoms with Crippen LogP contribution in [0, 0.1) is 23.2 Å². The molecule has 5 nitrogen and oxygen atoms in total. The van der Waals surface area contributed by atoms with Crippen LogP contribution in [0.3, 0.4) is 0 Å². The van der Waals surface area contributed by atoms with Gasteiger partial charge < -0.3 is 9.84 Å². The molecule has 0 aliphatic heterocycles. The van der Waals surface area contributed by atoms with Gasteiger partial charge >= 0.3 is 11.9 Å². The Morgan fingerprint density at radius 2 is 1.85 bits per heavy atom. The van der Waals surface area contributed by atoms with Gasteiger partial charge in [0.05, 0.1) is 5.56 Å². The molecule has 1 N–H and O–H groups in total. The Balaban J connectivity index is 1.96. The summed E-state index contributed by atoms with van der Waals surface area (Å²) in [5.41, 5.74) is 3.52. The minimum absolute atomic E-state index is 0.0363. The van der Waals surface area contributed by atoms with E-state index in [1.165, 1.54) is 31.8 Å². The molecular formula is C34H50O5. The molecular weight excluding hydrogens is 488 g/mol. The van der Waals surface area contributed by atoms with Gasteiger partial charge in [-0.2, -0.15) is 0 Å². The molecule has 3 aliphatic carbocycles. The number of ketones is 1. The first-order valence-corrected chi connectivity index (χ1v) is 15.1. The number of hydrogen-bond acceptors (Lipinski definition) is 4. The predicted octanol–water partition coefficient (Wildman–Crippen LogP) is 8.30. The highest BCUT2D eigenvalue weighted by Gasteiger charge is 2.49. The summed E-state index contributed by atoms with van der Waals surface area (Å²) >= 11 is 0. The smallest absolute Gasteiger partial charge is 0.335 e. The first-order valence-electron chi connectivity index (χ1n) is 15.1. The average molecular weight is 539 g/mol. The van der Waals surface area contributed by atoms with Crippen LogP contribution < -0.4 is 0 Å². The quantitative estimate of drug-likeness (QED) is 0.194. The van der Waals surface area contributed by atoms with Gasteiger partial charge in [-0.15, -0.1) is 0 Å². The molecule has 0 unspecified atom stereocenters. The van der Waals surface area contributed by atoms with Gasteiger partial charge in [0.1, 0.15) is 18.3 Å². The molecule has 4 rings (SSSR count). The summed E-state index contributed by atoms with van der Waals surface area (Å²) in [6.07, 6.45) is 11.5. The van der Waals surface area contributed by atoms with Crippen molar-refractivity contribution in [1.29, 1.82) is 0 Å². The van der Waals surface area contributed by atoms with Crippen LogP contribution in [0.1, 0.15) is 133 Å². The Kier molecular flexibility index (Phi) is 11.0. The SMILES string of the molecule is CC(=O)CC(=O)O[C@H]1CC/C(C)=C\CC[C@]2(C)[C@@H]([C@H](C)CCCC(C)C)CC[C@H]2c2ccc(cc2C(=O)O)C1. The van der Waals surface area contributed by atoms with Crippen molar-refractivity contribution in [1.82, 2.24) is 0 Å². The Morgan fingerprint density at radius 3 is 2.51 bits per heavy atom. The number of carbonyl (C=O) groups excluding carboxylic acids is 2. The van der Waals surface area contributed by atoms with E-state index < -0.39 is 18.0 Å². The van der Waals surface area contributed by atoms with Gasteiger partial charge in [-0.25, -0.2) is 4.79 Å². The lowest BCUT2D eigenvalue weighted by Crippen LogP contribution is -2.32. The molecule has 1 saturated carbocycles. The average Bonchev–Trinajstić information content (AvgIpc) is 3.18. The van der Waals surface area contributed by atoms with E-state index in [9.17, 15) is 19.5 Å². The molecule has 39 heavy (non-hydrogen) atoms. The first-order chi connectivity index (χ1) is 18.4. The number of rotatable bonds is 9. The number of ether oxygens (including phenoxy) is 1. The maximum atomic E-state index is 12.6. The second-order valence-corrected chi connectivity index (χ2v) is 13.1. The monoisotopic (exact) mass is 538 g/mol. The third-order valence-electron chi connectivity index (χ3n) is 9.45. The number of hydrogen-bond donors (Lipinski definition) is 1. The number of Topliss-reactive ketones (excluding diaryl/α,β-unsaturated/α-hetero) is 1. The molecule has 0 heterocycles. The minimum atomic E-state index is -0.893. The van der Waals surface area contributed by atoms with E-state index in [-0.39, 0.29) is 23.5 Å². The maximum Gasteiger partial charge on any atom is 0.335 e. The third kappa shape index (κ3) is 8.28. The van der Waals surface area contributed by atoms with Crippen molar-refractivity contribution in [3.8, 4) is 0 Å². The molecule has 5 atom stereocenters. The van der Waals surface area contributed by atoms with Crippen LogP contribution in [0.5, 0.6) is 0 Å². The van der Waals surface area contributed by atoms with Crippen molar-refractivity contribution in [3.05, 3.63) is 46.5 Å². The van der Waals surface area contributed by atoms with Crippen molar-refractivity contribution < 1.29 is 24.2 Å². The number of esters is 1. The number of carboxylic acid groups (broad SMARTS) is 1. The maximum absolute atomic E-state index is 12.6. The van der Waals surface area contributed by atoms with E-state index in [1.807, 2.05) is 12.1 Å². The van der Waals surface area contributed by atoms with E-state index in [0.29, 0.717) is 30.2 Å². The Morgan fingerprint density at radius 1 is 1.10 bits per heavy atom. The van der Waals surface area contributed by atoms with Crippen LogP contribution >= 0.6 is 0 Å². The zero-order valence-electron chi connectivity index (χ0n) is 25.1. The number of aromatic carboxylic acids is 1. The molecule has 0 aromatic heterocycles. The van der Waals surface area contributed by atoms with E-state index in [0.717, 1.165) is 49.1 Å². The number of carboxylic acids is 1. The van der Waals surface area contributed by atoms with E-state index >= 15 is 0 Å². The predicted molar refractivity (Wildman–Crippen MR) is 156 cm³/mol. The van der Waals surface area contributed by atoms with Crippen LogP contribution in [0.15, 0.2) is 29.8 Å².